The largest absolute Gasteiger partial charge is 0.340 e. The maximum Gasteiger partial charge on any atom is 0.256 e. The van der Waals surface area contributed by atoms with E-state index < -0.39 is 17.9 Å². The van der Waals surface area contributed by atoms with Crippen molar-refractivity contribution < 1.29 is 14.4 Å². The molecule has 0 saturated carbocycles. The van der Waals surface area contributed by atoms with Gasteiger partial charge in [0.15, 0.2) is 0 Å². The van der Waals surface area contributed by atoms with E-state index in [1.165, 1.54) is 12.1 Å². The van der Waals surface area contributed by atoms with Crippen LogP contribution < -0.4 is 21.5 Å². The summed E-state index contributed by atoms with van der Waals surface area (Å²) in [6, 6.07) is 12.3. The number of nitrogens with one attached hydrogen (secondary N) is 4. The third-order valence-electron chi connectivity index (χ3n) is 5.01. The zero-order valence-corrected chi connectivity index (χ0v) is 17.5. The van der Waals surface area contributed by atoms with Crippen LogP contribution in [-0.4, -0.2) is 40.8 Å². The summed E-state index contributed by atoms with van der Waals surface area (Å²) in [5.41, 5.74) is 1.41. The van der Waals surface area contributed by atoms with Crippen molar-refractivity contribution in [1.82, 2.24) is 10.3 Å². The molecule has 0 fully saturated rings. The van der Waals surface area contributed by atoms with Crippen LogP contribution >= 0.6 is 11.8 Å². The minimum Gasteiger partial charge on any atom is -0.340 e. The third-order valence-corrected chi connectivity index (χ3v) is 5.65. The molecule has 1 atom stereocenters. The van der Waals surface area contributed by atoms with Crippen LogP contribution in [0.15, 0.2) is 53.3 Å². The molecule has 1 aliphatic rings. The molecule has 158 valence electrons. The van der Waals surface area contributed by atoms with Gasteiger partial charge in [-0.1, -0.05) is 18.2 Å². The Morgan fingerprint density at radius 1 is 1.10 bits per heavy atom. The normalized spacial score (nSPS) is 15.6. The fourth-order valence-electron chi connectivity index (χ4n) is 3.47. The lowest BCUT2D eigenvalue weighted by molar-refractivity contribution is -0.117. The summed E-state index contributed by atoms with van der Waals surface area (Å²) in [5, 5.41) is 8.85. The first-order valence-corrected chi connectivity index (χ1v) is 11.0. The molecule has 9 heteroatoms. The van der Waals surface area contributed by atoms with Crippen molar-refractivity contribution in [2.45, 2.75) is 12.5 Å². The highest BCUT2D eigenvalue weighted by Gasteiger charge is 2.27. The molecule has 2 heterocycles. The number of fused-ring (bicyclic) bond motifs is 2. The summed E-state index contributed by atoms with van der Waals surface area (Å²) < 4.78 is 0. The topological polar surface area (TPSA) is 120 Å². The molecular formula is C22H20N4O4S. The predicted molar refractivity (Wildman–Crippen MR) is 122 cm³/mol. The van der Waals surface area contributed by atoms with E-state index in [0.29, 0.717) is 28.7 Å². The minimum atomic E-state index is -0.618. The van der Waals surface area contributed by atoms with Crippen molar-refractivity contribution in [2.24, 2.45) is 0 Å². The summed E-state index contributed by atoms with van der Waals surface area (Å²) in [6.07, 6.45) is 2.45. The van der Waals surface area contributed by atoms with Gasteiger partial charge in [-0.3, -0.25) is 19.2 Å². The van der Waals surface area contributed by atoms with Gasteiger partial charge in [-0.15, -0.1) is 0 Å². The summed E-state index contributed by atoms with van der Waals surface area (Å²) in [6.45, 7) is 0. The van der Waals surface area contributed by atoms with E-state index in [-0.39, 0.29) is 22.6 Å². The number of carbonyl (C=O) groups excluding carboxylic acids is 3. The van der Waals surface area contributed by atoms with E-state index >= 15 is 0 Å². The zero-order valence-electron chi connectivity index (χ0n) is 16.7. The van der Waals surface area contributed by atoms with Crippen LogP contribution in [-0.2, 0) is 4.79 Å². The van der Waals surface area contributed by atoms with Crippen LogP contribution in [0.2, 0.25) is 0 Å². The first-order valence-electron chi connectivity index (χ1n) is 9.64. The highest BCUT2D eigenvalue weighted by atomic mass is 32.2. The molecule has 3 amide bonds. The predicted octanol–water partition coefficient (Wildman–Crippen LogP) is 2.58. The second kappa shape index (κ2) is 8.65. The Kier molecular flexibility index (Phi) is 5.77. The number of rotatable bonds is 5. The van der Waals surface area contributed by atoms with E-state index in [0.717, 1.165) is 5.75 Å². The van der Waals surface area contributed by atoms with Gasteiger partial charge in [0.05, 0.1) is 16.8 Å². The van der Waals surface area contributed by atoms with Crippen LogP contribution in [0.5, 0.6) is 0 Å². The van der Waals surface area contributed by atoms with Crippen LogP contribution in [0.1, 0.15) is 27.1 Å². The molecule has 0 saturated heterocycles. The van der Waals surface area contributed by atoms with Gasteiger partial charge in [0, 0.05) is 22.7 Å². The number of hydrogen-bond donors (Lipinski definition) is 4. The molecule has 0 unspecified atom stereocenters. The van der Waals surface area contributed by atoms with Crippen molar-refractivity contribution in [3.63, 3.8) is 0 Å². The van der Waals surface area contributed by atoms with E-state index in [1.54, 1.807) is 48.2 Å². The molecule has 8 nitrogen and oxygen atoms in total. The van der Waals surface area contributed by atoms with Crippen molar-refractivity contribution in [3.8, 4) is 0 Å². The maximum atomic E-state index is 12.9. The number of amides is 3. The van der Waals surface area contributed by atoms with Crippen molar-refractivity contribution in [1.29, 1.82) is 0 Å². The molecule has 4 rings (SSSR count). The first kappa shape index (κ1) is 20.7. The number of aromatic nitrogens is 1. The second-order valence-electron chi connectivity index (χ2n) is 7.10. The molecule has 0 radical (unpaired) electrons. The molecule has 0 bridgehead atoms. The lowest BCUT2D eigenvalue weighted by atomic mass is 10.1. The molecule has 3 aromatic rings. The molecule has 1 aromatic heterocycles. The van der Waals surface area contributed by atoms with Crippen LogP contribution in [0.4, 0.5) is 11.4 Å². The number of carbonyl (C=O) groups is 3. The van der Waals surface area contributed by atoms with E-state index in [4.69, 9.17) is 0 Å². The van der Waals surface area contributed by atoms with Gasteiger partial charge >= 0.3 is 0 Å². The average Bonchev–Trinajstić information content (AvgIpc) is 2.87. The molecule has 0 aliphatic carbocycles. The number of H-pyrrole nitrogens is 1. The van der Waals surface area contributed by atoms with Gasteiger partial charge in [-0.2, -0.15) is 11.8 Å². The highest BCUT2D eigenvalue weighted by molar-refractivity contribution is 7.98. The molecule has 31 heavy (non-hydrogen) atoms. The van der Waals surface area contributed by atoms with Crippen LogP contribution in [0.3, 0.4) is 0 Å². The monoisotopic (exact) mass is 436 g/mol. The summed E-state index contributed by atoms with van der Waals surface area (Å²) >= 11 is 1.59. The second-order valence-corrected chi connectivity index (χ2v) is 8.09. The lowest BCUT2D eigenvalue weighted by Gasteiger charge is -2.13. The van der Waals surface area contributed by atoms with Crippen molar-refractivity contribution in [2.75, 3.05) is 22.6 Å². The van der Waals surface area contributed by atoms with Crippen molar-refractivity contribution in [3.05, 3.63) is 70.0 Å². The summed E-state index contributed by atoms with van der Waals surface area (Å²) in [5.74, 6) is -0.400. The number of aromatic amines is 1. The third kappa shape index (κ3) is 4.31. The van der Waals surface area contributed by atoms with Gasteiger partial charge in [-0.25, -0.2) is 0 Å². The number of pyridine rings is 1. The summed E-state index contributed by atoms with van der Waals surface area (Å²) in [7, 11) is 0. The lowest BCUT2D eigenvalue weighted by Crippen LogP contribution is -2.41. The fourth-order valence-corrected chi connectivity index (χ4v) is 3.94. The number of thioether (sulfide) groups is 1. The Morgan fingerprint density at radius 2 is 1.90 bits per heavy atom. The Morgan fingerprint density at radius 3 is 2.71 bits per heavy atom. The standard InChI is InChI=1S/C22H20N4O4S/c1-31-9-8-18-22(30)25-17-7-6-12(10-15(17)21(29)26-18)23-20(28)14-11-19(27)24-16-5-3-2-4-13(14)16/h2-7,10-11,18H,8-9H2,1H3,(H,23,28)(H,24,27)(H,25,30)(H,26,29)/t18-/m0/s1. The molecular weight excluding hydrogens is 416 g/mol. The first-order chi connectivity index (χ1) is 15.0. The van der Waals surface area contributed by atoms with Gasteiger partial charge in [0.25, 0.3) is 11.8 Å². The quantitative estimate of drug-likeness (QED) is 0.490. The number of para-hydroxylation sites is 1. The Hall–Kier alpha value is -3.59. The average molecular weight is 436 g/mol. The van der Waals surface area contributed by atoms with Gasteiger partial charge in [0.1, 0.15) is 6.04 Å². The number of hydrogen-bond acceptors (Lipinski definition) is 5. The van der Waals surface area contributed by atoms with Crippen molar-refractivity contribution >= 4 is 51.8 Å². The minimum absolute atomic E-state index is 0.226. The van der Waals surface area contributed by atoms with Gasteiger partial charge in [0.2, 0.25) is 11.5 Å². The molecule has 0 spiro atoms. The fraction of sp³-hybridized carbons (Fsp3) is 0.182. The summed E-state index contributed by atoms with van der Waals surface area (Å²) in [4.78, 5) is 52.6. The zero-order chi connectivity index (χ0) is 22.0. The molecule has 1 aliphatic heterocycles. The van der Waals surface area contributed by atoms with E-state index in [9.17, 15) is 19.2 Å². The number of anilines is 2. The Bertz CT molecular complexity index is 1250. The highest BCUT2D eigenvalue weighted by Crippen LogP contribution is 2.25. The van der Waals surface area contributed by atoms with E-state index in [2.05, 4.69) is 20.9 Å². The van der Waals surface area contributed by atoms with Crippen LogP contribution in [0.25, 0.3) is 10.9 Å². The van der Waals surface area contributed by atoms with Gasteiger partial charge < -0.3 is 20.9 Å². The number of benzene rings is 2. The molecule has 2 aromatic carbocycles. The maximum absolute atomic E-state index is 12.9. The SMILES string of the molecule is CSCC[C@@H]1NC(=O)c2cc(NC(=O)c3cc(=O)[nH]c4ccccc34)ccc2NC1=O. The van der Waals surface area contributed by atoms with E-state index in [1.807, 2.05) is 6.26 Å². The van der Waals surface area contributed by atoms with Gasteiger partial charge in [-0.05, 0) is 42.7 Å². The van der Waals surface area contributed by atoms with Crippen LogP contribution in [0, 0.1) is 0 Å². The molecule has 4 N–H and O–H groups in total. The smallest absolute Gasteiger partial charge is 0.256 e. The Labute approximate surface area is 181 Å². The Balaban J connectivity index is 1.61.